The highest BCUT2D eigenvalue weighted by atomic mass is 14.4. The van der Waals surface area contributed by atoms with E-state index in [-0.39, 0.29) is 0 Å². The molecule has 2 aromatic rings. The molecule has 0 amide bonds. The lowest BCUT2D eigenvalue weighted by molar-refractivity contribution is 0.183. The van der Waals surface area contributed by atoms with E-state index in [1.165, 1.54) is 49.7 Å². The molecule has 2 fully saturated rings. The second kappa shape index (κ2) is 11.0. The van der Waals surface area contributed by atoms with Crippen LogP contribution in [0, 0.1) is 35.5 Å². The van der Waals surface area contributed by atoms with Crippen molar-refractivity contribution in [3.63, 3.8) is 0 Å². The van der Waals surface area contributed by atoms with E-state index in [2.05, 4.69) is 97.0 Å². The van der Waals surface area contributed by atoms with Gasteiger partial charge in [0, 0.05) is 5.92 Å². The molecule has 0 saturated heterocycles. The minimum atomic E-state index is 0.443. The molecule has 4 rings (SSSR count). The van der Waals surface area contributed by atoms with Crippen molar-refractivity contribution in [1.29, 1.82) is 0 Å². The number of hydrogen-bond donors (Lipinski definition) is 0. The van der Waals surface area contributed by atoms with Crippen LogP contribution in [0.3, 0.4) is 0 Å². The Morgan fingerprint density at radius 3 is 1.65 bits per heavy atom. The first-order chi connectivity index (χ1) is 16.3. The van der Waals surface area contributed by atoms with Gasteiger partial charge < -0.3 is 0 Å². The van der Waals surface area contributed by atoms with Crippen LogP contribution in [0.1, 0.15) is 127 Å². The summed E-state index contributed by atoms with van der Waals surface area (Å²) in [6, 6.07) is 18.9. The van der Waals surface area contributed by atoms with Crippen molar-refractivity contribution in [1.82, 2.24) is 0 Å². The summed E-state index contributed by atoms with van der Waals surface area (Å²) in [7, 11) is 0. The summed E-state index contributed by atoms with van der Waals surface area (Å²) >= 11 is 0. The molecule has 0 radical (unpaired) electrons. The lowest BCUT2D eigenvalue weighted by Crippen LogP contribution is -2.30. The van der Waals surface area contributed by atoms with E-state index in [9.17, 15) is 0 Å². The zero-order valence-corrected chi connectivity index (χ0v) is 23.1. The fourth-order valence-electron chi connectivity index (χ4n) is 7.58. The Morgan fingerprint density at radius 1 is 0.588 bits per heavy atom. The van der Waals surface area contributed by atoms with Crippen LogP contribution < -0.4 is 0 Å². The lowest BCUT2D eigenvalue weighted by atomic mass is 9.62. The van der Waals surface area contributed by atoms with Gasteiger partial charge in [-0.25, -0.2) is 0 Å². The van der Waals surface area contributed by atoms with Gasteiger partial charge in [-0.2, -0.15) is 0 Å². The van der Waals surface area contributed by atoms with E-state index in [4.69, 9.17) is 0 Å². The van der Waals surface area contributed by atoms with Crippen LogP contribution in [-0.2, 0) is 0 Å². The quantitative estimate of drug-likeness (QED) is 0.404. The minimum absolute atomic E-state index is 0.443. The molecule has 0 nitrogen and oxygen atoms in total. The van der Waals surface area contributed by atoms with Crippen molar-refractivity contribution in [2.45, 2.75) is 105 Å². The van der Waals surface area contributed by atoms with E-state index < -0.39 is 0 Å². The van der Waals surface area contributed by atoms with Crippen molar-refractivity contribution >= 4 is 0 Å². The molecule has 0 spiro atoms. The van der Waals surface area contributed by atoms with Crippen LogP contribution >= 0.6 is 0 Å². The second-order valence-electron chi connectivity index (χ2n) is 12.9. The molecular formula is C34H50. The standard InChI is InChI=1S/C34H50/c1-22(2)29-16-13-24(5)19-32(29)31-18-15-28(26(7)27-11-9-8-10-12-27)21-34(31)33-20-25(6)14-17-30(33)23(3)4/h8-12,15,18,21-26,29-30,32-33H,13-14,16-17,19-20H2,1-7H3. The van der Waals surface area contributed by atoms with Crippen molar-refractivity contribution < 1.29 is 0 Å². The molecule has 0 N–H and O–H groups in total. The summed E-state index contributed by atoms with van der Waals surface area (Å²) in [5.41, 5.74) is 6.40. The van der Waals surface area contributed by atoms with Gasteiger partial charge in [0.25, 0.3) is 0 Å². The van der Waals surface area contributed by atoms with E-state index in [1.54, 1.807) is 11.1 Å². The van der Waals surface area contributed by atoms with Crippen molar-refractivity contribution in [3.05, 3.63) is 70.8 Å². The van der Waals surface area contributed by atoms with E-state index in [0.29, 0.717) is 11.8 Å². The molecule has 0 aliphatic heterocycles. The van der Waals surface area contributed by atoms with Crippen LogP contribution in [0.2, 0.25) is 0 Å². The molecule has 186 valence electrons. The zero-order valence-electron chi connectivity index (χ0n) is 23.1. The van der Waals surface area contributed by atoms with Gasteiger partial charge in [-0.05, 0) is 95.3 Å². The average Bonchev–Trinajstić information content (AvgIpc) is 2.83. The molecular weight excluding hydrogens is 408 g/mol. The molecule has 7 atom stereocenters. The Labute approximate surface area is 211 Å². The Hall–Kier alpha value is -1.56. The molecule has 2 aliphatic rings. The van der Waals surface area contributed by atoms with Gasteiger partial charge in [0.05, 0.1) is 0 Å². The van der Waals surface area contributed by atoms with E-state index >= 15 is 0 Å². The van der Waals surface area contributed by atoms with Crippen LogP contribution in [-0.4, -0.2) is 0 Å². The largest absolute Gasteiger partial charge is 0.0625 e. The van der Waals surface area contributed by atoms with Gasteiger partial charge in [0.1, 0.15) is 0 Å². The smallest absolute Gasteiger partial charge is 0.00611 e. The van der Waals surface area contributed by atoms with Crippen molar-refractivity contribution in [2.24, 2.45) is 35.5 Å². The molecule has 0 heterocycles. The van der Waals surface area contributed by atoms with Gasteiger partial charge in [0.15, 0.2) is 0 Å². The summed E-state index contributed by atoms with van der Waals surface area (Å²) in [6.07, 6.45) is 8.36. The maximum atomic E-state index is 2.68. The van der Waals surface area contributed by atoms with Crippen LogP contribution in [0.5, 0.6) is 0 Å². The fraction of sp³-hybridized carbons (Fsp3) is 0.647. The molecule has 0 heteroatoms. The van der Waals surface area contributed by atoms with Gasteiger partial charge in [0.2, 0.25) is 0 Å². The number of hydrogen-bond acceptors (Lipinski definition) is 0. The third-order valence-corrected chi connectivity index (χ3v) is 9.75. The highest BCUT2D eigenvalue weighted by Gasteiger charge is 2.38. The number of benzene rings is 2. The van der Waals surface area contributed by atoms with E-state index in [0.717, 1.165) is 41.4 Å². The Bertz CT molecular complexity index is 907. The predicted octanol–water partition coefficient (Wildman–Crippen LogP) is 10.2. The average molecular weight is 459 g/mol. The molecule has 0 aromatic heterocycles. The van der Waals surface area contributed by atoms with E-state index in [1.807, 2.05) is 0 Å². The maximum absolute atomic E-state index is 2.68. The molecule has 2 aromatic carbocycles. The first-order valence-electron chi connectivity index (χ1n) is 14.4. The Morgan fingerprint density at radius 2 is 1.12 bits per heavy atom. The summed E-state index contributed by atoms with van der Waals surface area (Å²) in [4.78, 5) is 0. The third-order valence-electron chi connectivity index (χ3n) is 9.75. The zero-order chi connectivity index (χ0) is 24.4. The predicted molar refractivity (Wildman–Crippen MR) is 149 cm³/mol. The van der Waals surface area contributed by atoms with Gasteiger partial charge in [-0.1, -0.05) is 110 Å². The summed E-state index contributed by atoms with van der Waals surface area (Å²) in [5, 5.41) is 0. The van der Waals surface area contributed by atoms with Crippen LogP contribution in [0.15, 0.2) is 48.5 Å². The molecule has 2 saturated carbocycles. The van der Waals surface area contributed by atoms with Gasteiger partial charge in [-0.3, -0.25) is 0 Å². The molecule has 34 heavy (non-hydrogen) atoms. The minimum Gasteiger partial charge on any atom is -0.0625 e. The third kappa shape index (κ3) is 5.47. The Kier molecular flexibility index (Phi) is 8.27. The van der Waals surface area contributed by atoms with Crippen LogP contribution in [0.4, 0.5) is 0 Å². The monoisotopic (exact) mass is 458 g/mol. The second-order valence-corrected chi connectivity index (χ2v) is 12.9. The normalized spacial score (nSPS) is 31.1. The number of rotatable bonds is 6. The molecule has 0 bridgehead atoms. The SMILES string of the molecule is CC1CCC(C(C)C)C(c2ccc(C(C)c3ccccc3)cc2C2CC(C)CCC2C(C)C)C1. The van der Waals surface area contributed by atoms with Gasteiger partial charge >= 0.3 is 0 Å². The van der Waals surface area contributed by atoms with Crippen molar-refractivity contribution in [2.75, 3.05) is 0 Å². The molecule has 7 unspecified atom stereocenters. The Balaban J connectivity index is 1.82. The summed E-state index contributed by atoms with van der Waals surface area (Å²) < 4.78 is 0. The van der Waals surface area contributed by atoms with Gasteiger partial charge in [-0.15, -0.1) is 0 Å². The van der Waals surface area contributed by atoms with Crippen molar-refractivity contribution in [3.8, 4) is 0 Å². The fourth-order valence-corrected chi connectivity index (χ4v) is 7.58. The van der Waals surface area contributed by atoms with Crippen LogP contribution in [0.25, 0.3) is 0 Å². The molecule has 2 aliphatic carbocycles. The summed E-state index contributed by atoms with van der Waals surface area (Å²) in [6.45, 7) is 17.3. The first-order valence-corrected chi connectivity index (χ1v) is 14.4. The lowest BCUT2D eigenvalue weighted by Gasteiger charge is -2.43. The first kappa shape index (κ1) is 25.5. The summed E-state index contributed by atoms with van der Waals surface area (Å²) in [5.74, 6) is 6.74. The maximum Gasteiger partial charge on any atom is 0.00611 e. The highest BCUT2D eigenvalue weighted by Crippen LogP contribution is 2.51. The topological polar surface area (TPSA) is 0 Å². The highest BCUT2D eigenvalue weighted by molar-refractivity contribution is 5.42.